The molecular weight excluding hydrogens is 625 g/mol. The number of fused-ring (bicyclic) bond motifs is 20. The van der Waals surface area contributed by atoms with E-state index in [-0.39, 0.29) is 67.4 Å². The van der Waals surface area contributed by atoms with Crippen molar-refractivity contribution in [3.8, 4) is 0 Å². The van der Waals surface area contributed by atoms with E-state index >= 15 is 0 Å². The summed E-state index contributed by atoms with van der Waals surface area (Å²) in [4.78, 5) is 0. The standard InChI is InChI=1S/C32H57N9O2S.V/c33-44(42,43)23-15-7-14-22-24(23)32-40-30-21-13-6-5-12-20(21)28(38-30)36-26-17-9-2-1-8-16(17)25(34-26)35-27-18-10-3-4-11-19(18)29(37-27)39-31(22)41-32;/h16-32,34-41H,1-15H2,(H2,33,42,43);. The number of sulfonamides is 1. The van der Waals surface area contributed by atoms with Gasteiger partial charge in [0, 0.05) is 24.5 Å². The van der Waals surface area contributed by atoms with E-state index in [0.717, 1.165) is 12.8 Å². The molecule has 5 aliphatic heterocycles. The van der Waals surface area contributed by atoms with Crippen LogP contribution >= 0.6 is 0 Å². The SMILES string of the molecule is NS(=O)(=O)C1CCCC2C3NC4NC(NC5NC(NC6NC(NC(N3)C21)C1CCCCC61)C1CCCCC51)C1CCCCC41.[V]. The van der Waals surface area contributed by atoms with Gasteiger partial charge in [0.25, 0.3) is 0 Å². The monoisotopic (exact) mass is 682 g/mol. The molecule has 0 aromatic rings. The molecule has 5 heterocycles. The van der Waals surface area contributed by atoms with Crippen molar-refractivity contribution in [3.05, 3.63) is 0 Å². The van der Waals surface area contributed by atoms with Crippen LogP contribution in [0.2, 0.25) is 0 Å². The van der Waals surface area contributed by atoms with Gasteiger partial charge in [-0.15, -0.1) is 0 Å². The molecule has 0 spiro atoms. The van der Waals surface area contributed by atoms with E-state index in [1.807, 2.05) is 0 Å². The number of hydrogen-bond acceptors (Lipinski definition) is 10. The van der Waals surface area contributed by atoms with Crippen molar-refractivity contribution < 1.29 is 27.0 Å². The summed E-state index contributed by atoms with van der Waals surface area (Å²) in [5, 5.41) is 38.2. The molecule has 4 saturated carbocycles. The Morgan fingerprint density at radius 3 is 0.956 bits per heavy atom. The molecule has 9 rings (SSSR count). The molecule has 10 N–H and O–H groups in total. The van der Waals surface area contributed by atoms with E-state index < -0.39 is 15.3 Å². The van der Waals surface area contributed by atoms with Gasteiger partial charge in [-0.25, -0.2) is 13.6 Å². The normalized spacial score (nSPS) is 54.3. The Morgan fingerprint density at radius 1 is 0.378 bits per heavy atom. The Hall–Kier alpha value is 0.174. The minimum Gasteiger partial charge on any atom is -0.286 e. The molecule has 45 heavy (non-hydrogen) atoms. The molecule has 4 aliphatic carbocycles. The largest absolute Gasteiger partial charge is 0.286 e. The molecule has 9 aliphatic rings. The van der Waals surface area contributed by atoms with Gasteiger partial charge in [0.1, 0.15) is 0 Å². The topological polar surface area (TPSA) is 156 Å². The van der Waals surface area contributed by atoms with E-state index in [1.54, 1.807) is 0 Å². The second kappa shape index (κ2) is 12.8. The second-order valence-corrected chi connectivity index (χ2v) is 18.1. The van der Waals surface area contributed by atoms with E-state index in [9.17, 15) is 8.42 Å². The zero-order valence-corrected chi connectivity index (χ0v) is 28.9. The summed E-state index contributed by atoms with van der Waals surface area (Å²) >= 11 is 0. The van der Waals surface area contributed by atoms with E-state index in [2.05, 4.69) is 42.5 Å². The summed E-state index contributed by atoms with van der Waals surface area (Å²) < 4.78 is 26.1. The molecular formula is C32H57N9O2SV. The molecule has 13 heteroatoms. The van der Waals surface area contributed by atoms with E-state index in [1.165, 1.54) is 77.0 Å². The van der Waals surface area contributed by atoms with Crippen molar-refractivity contribution in [3.63, 3.8) is 0 Å². The third kappa shape index (κ3) is 5.72. The van der Waals surface area contributed by atoms with Gasteiger partial charge in [0.05, 0.1) is 54.6 Å². The summed E-state index contributed by atoms with van der Waals surface area (Å²) in [5.74, 6) is 3.83. The van der Waals surface area contributed by atoms with Crippen LogP contribution in [-0.4, -0.2) is 63.0 Å². The van der Waals surface area contributed by atoms with Crippen molar-refractivity contribution in [2.24, 2.45) is 52.5 Å². The quantitative estimate of drug-likeness (QED) is 0.195. The van der Waals surface area contributed by atoms with Crippen molar-refractivity contribution >= 4 is 10.0 Å². The molecule has 8 bridgehead atoms. The molecule has 0 aromatic heterocycles. The molecule has 17 unspecified atom stereocenters. The Bertz CT molecular complexity index is 1180. The molecule has 17 atom stereocenters. The van der Waals surface area contributed by atoms with E-state index in [0.29, 0.717) is 54.3 Å². The van der Waals surface area contributed by atoms with Crippen molar-refractivity contribution in [1.29, 1.82) is 0 Å². The zero-order chi connectivity index (χ0) is 29.6. The molecule has 253 valence electrons. The predicted molar refractivity (Wildman–Crippen MR) is 169 cm³/mol. The van der Waals surface area contributed by atoms with Crippen LogP contribution in [0.4, 0.5) is 0 Å². The summed E-state index contributed by atoms with van der Waals surface area (Å²) in [6, 6.07) is 0. The minimum atomic E-state index is -3.66. The summed E-state index contributed by atoms with van der Waals surface area (Å²) in [7, 11) is -3.66. The maximum absolute atomic E-state index is 13.0. The first-order valence-corrected chi connectivity index (χ1v) is 20.1. The second-order valence-electron chi connectivity index (χ2n) is 16.3. The maximum Gasteiger partial charge on any atom is 0.212 e. The Kier molecular flexibility index (Phi) is 9.22. The van der Waals surface area contributed by atoms with Crippen molar-refractivity contribution in [1.82, 2.24) is 42.5 Å². The van der Waals surface area contributed by atoms with Crippen molar-refractivity contribution in [2.75, 3.05) is 0 Å². The minimum absolute atomic E-state index is 0. The van der Waals surface area contributed by atoms with Gasteiger partial charge < -0.3 is 0 Å². The van der Waals surface area contributed by atoms with Crippen LogP contribution in [0.5, 0.6) is 0 Å². The summed E-state index contributed by atoms with van der Waals surface area (Å²) in [6.45, 7) is 0. The average molecular weight is 683 g/mol. The van der Waals surface area contributed by atoms with Crippen LogP contribution < -0.4 is 47.7 Å². The van der Waals surface area contributed by atoms with Crippen LogP contribution in [0.15, 0.2) is 0 Å². The number of hydrogen-bond donors (Lipinski definition) is 9. The van der Waals surface area contributed by atoms with Gasteiger partial charge in [0.2, 0.25) is 10.0 Å². The van der Waals surface area contributed by atoms with Gasteiger partial charge in [-0.05, 0) is 92.8 Å². The van der Waals surface area contributed by atoms with Crippen LogP contribution in [0.1, 0.15) is 96.3 Å². The van der Waals surface area contributed by atoms with Crippen LogP contribution in [0.3, 0.4) is 0 Å². The van der Waals surface area contributed by atoms with Gasteiger partial charge in [-0.2, -0.15) is 0 Å². The fraction of sp³-hybridized carbons (Fsp3) is 1.00. The van der Waals surface area contributed by atoms with E-state index in [4.69, 9.17) is 5.14 Å². The third-order valence-corrected chi connectivity index (χ3v) is 15.6. The smallest absolute Gasteiger partial charge is 0.212 e. The first-order chi connectivity index (χ1) is 21.4. The van der Waals surface area contributed by atoms with Gasteiger partial charge in [-0.3, -0.25) is 42.5 Å². The fourth-order valence-corrected chi connectivity index (χ4v) is 13.7. The summed E-state index contributed by atoms with van der Waals surface area (Å²) in [6.07, 6.45) is 19.6. The molecule has 9 fully saturated rings. The van der Waals surface area contributed by atoms with Gasteiger partial charge >= 0.3 is 0 Å². The number of nitrogens with one attached hydrogen (secondary N) is 8. The molecule has 1 radical (unpaired) electrons. The Morgan fingerprint density at radius 2 is 0.644 bits per heavy atom. The molecule has 11 nitrogen and oxygen atoms in total. The molecule has 0 amide bonds. The maximum atomic E-state index is 13.0. The van der Waals surface area contributed by atoms with Crippen LogP contribution in [0, 0.1) is 47.3 Å². The first kappa shape index (κ1) is 32.4. The van der Waals surface area contributed by atoms with Crippen LogP contribution in [0.25, 0.3) is 0 Å². The predicted octanol–water partition coefficient (Wildman–Crippen LogP) is 0.870. The third-order valence-electron chi connectivity index (χ3n) is 14.3. The number of primary sulfonamides is 1. The molecule has 5 saturated heterocycles. The molecule has 0 aromatic carbocycles. The zero-order valence-electron chi connectivity index (χ0n) is 26.7. The van der Waals surface area contributed by atoms with Gasteiger partial charge in [-0.1, -0.05) is 44.9 Å². The van der Waals surface area contributed by atoms with Crippen LogP contribution in [-0.2, 0) is 28.6 Å². The Balaban J connectivity index is 0.00000300. The number of rotatable bonds is 1. The first-order valence-electron chi connectivity index (χ1n) is 18.5. The Labute approximate surface area is 282 Å². The average Bonchev–Trinajstić information content (AvgIpc) is 3.76. The fourth-order valence-electron chi connectivity index (χ4n) is 12.4. The van der Waals surface area contributed by atoms with Crippen molar-refractivity contribution in [2.45, 2.75) is 151 Å². The summed E-state index contributed by atoms with van der Waals surface area (Å²) in [5.41, 5.74) is 0. The van der Waals surface area contributed by atoms with Gasteiger partial charge in [0.15, 0.2) is 0 Å². The number of nitrogens with two attached hydrogens (primary N) is 1.